The van der Waals surface area contributed by atoms with Crippen LogP contribution in [0.3, 0.4) is 0 Å². The molecule has 2 rings (SSSR count). The van der Waals surface area contributed by atoms with Crippen molar-refractivity contribution in [2.24, 2.45) is 5.41 Å². The van der Waals surface area contributed by atoms with Crippen LogP contribution in [-0.2, 0) is 17.9 Å². The van der Waals surface area contributed by atoms with Crippen molar-refractivity contribution in [1.82, 2.24) is 14.7 Å². The second-order valence-electron chi connectivity index (χ2n) is 5.37. The number of carboxylic acids is 1. The van der Waals surface area contributed by atoms with Crippen LogP contribution in [0.2, 0.25) is 0 Å². The maximum atomic E-state index is 11.2. The minimum Gasteiger partial charge on any atom is -0.481 e. The summed E-state index contributed by atoms with van der Waals surface area (Å²) in [7, 11) is 0. The molecule has 100 valence electrons. The maximum Gasteiger partial charge on any atom is 0.310 e. The molecule has 1 unspecified atom stereocenters. The molecule has 0 aliphatic carbocycles. The van der Waals surface area contributed by atoms with E-state index in [1.54, 1.807) is 0 Å². The molecular formula is C13H21N3O2. The fourth-order valence-corrected chi connectivity index (χ4v) is 2.50. The fourth-order valence-electron chi connectivity index (χ4n) is 2.50. The highest BCUT2D eigenvalue weighted by molar-refractivity contribution is 5.74. The average molecular weight is 251 g/mol. The molecule has 1 aliphatic rings. The Balaban J connectivity index is 1.99. The largest absolute Gasteiger partial charge is 0.481 e. The highest BCUT2D eigenvalue weighted by atomic mass is 16.4. The molecule has 5 heteroatoms. The van der Waals surface area contributed by atoms with Crippen molar-refractivity contribution in [2.45, 2.75) is 39.8 Å². The SMILES string of the molecule is CCCn1nccc1CN1CCC(C)(C(=O)O)C1. The first-order chi connectivity index (χ1) is 8.55. The number of nitrogens with zero attached hydrogens (tertiary/aromatic N) is 3. The molecule has 1 atom stereocenters. The quantitative estimate of drug-likeness (QED) is 0.863. The smallest absolute Gasteiger partial charge is 0.310 e. The van der Waals surface area contributed by atoms with Gasteiger partial charge in [0.1, 0.15) is 0 Å². The van der Waals surface area contributed by atoms with Gasteiger partial charge in [-0.3, -0.25) is 14.4 Å². The highest BCUT2D eigenvalue weighted by Crippen LogP contribution is 2.30. The number of aromatic nitrogens is 2. The zero-order valence-electron chi connectivity index (χ0n) is 11.1. The molecule has 0 bridgehead atoms. The standard InChI is InChI=1S/C13H21N3O2/c1-3-7-16-11(4-6-14-16)9-15-8-5-13(2,10-15)12(17)18/h4,6H,3,5,7-10H2,1-2H3,(H,17,18). The molecule has 1 fully saturated rings. The summed E-state index contributed by atoms with van der Waals surface area (Å²) in [6.07, 6.45) is 3.60. The topological polar surface area (TPSA) is 58.4 Å². The molecule has 0 spiro atoms. The summed E-state index contributed by atoms with van der Waals surface area (Å²) in [5.41, 5.74) is 0.585. The van der Waals surface area contributed by atoms with Gasteiger partial charge in [0.25, 0.3) is 0 Å². The van der Waals surface area contributed by atoms with Gasteiger partial charge in [0.05, 0.1) is 11.1 Å². The predicted octanol–water partition coefficient (Wildman–Crippen LogP) is 1.59. The van der Waals surface area contributed by atoms with Crippen LogP contribution in [0.1, 0.15) is 32.4 Å². The Morgan fingerprint density at radius 3 is 3.00 bits per heavy atom. The summed E-state index contributed by atoms with van der Waals surface area (Å²) < 4.78 is 2.01. The van der Waals surface area contributed by atoms with Crippen LogP contribution in [0.5, 0.6) is 0 Å². The van der Waals surface area contributed by atoms with E-state index in [9.17, 15) is 9.90 Å². The number of carboxylic acid groups (broad SMARTS) is 1. The number of aliphatic carboxylic acids is 1. The third kappa shape index (κ3) is 2.56. The number of likely N-dealkylation sites (tertiary alicyclic amines) is 1. The van der Waals surface area contributed by atoms with Gasteiger partial charge < -0.3 is 5.11 Å². The minimum atomic E-state index is -0.688. The van der Waals surface area contributed by atoms with Gasteiger partial charge in [-0.2, -0.15) is 5.10 Å². The van der Waals surface area contributed by atoms with E-state index in [1.807, 2.05) is 23.9 Å². The highest BCUT2D eigenvalue weighted by Gasteiger charge is 2.40. The van der Waals surface area contributed by atoms with E-state index < -0.39 is 11.4 Å². The van der Waals surface area contributed by atoms with Crippen LogP contribution in [0.25, 0.3) is 0 Å². The van der Waals surface area contributed by atoms with E-state index in [1.165, 1.54) is 5.69 Å². The Morgan fingerprint density at radius 1 is 1.61 bits per heavy atom. The van der Waals surface area contributed by atoms with Gasteiger partial charge in [0.2, 0.25) is 0 Å². The van der Waals surface area contributed by atoms with Gasteiger partial charge in [-0.15, -0.1) is 0 Å². The van der Waals surface area contributed by atoms with Crippen molar-refractivity contribution >= 4 is 5.97 Å². The van der Waals surface area contributed by atoms with E-state index in [2.05, 4.69) is 16.9 Å². The number of hydrogen-bond donors (Lipinski definition) is 1. The molecular weight excluding hydrogens is 230 g/mol. The molecule has 0 aromatic carbocycles. The van der Waals surface area contributed by atoms with E-state index in [4.69, 9.17) is 0 Å². The molecule has 1 aromatic rings. The summed E-state index contributed by atoms with van der Waals surface area (Å²) in [6, 6.07) is 2.02. The summed E-state index contributed by atoms with van der Waals surface area (Å²) >= 11 is 0. The second-order valence-corrected chi connectivity index (χ2v) is 5.37. The number of hydrogen-bond acceptors (Lipinski definition) is 3. The van der Waals surface area contributed by atoms with E-state index in [0.29, 0.717) is 6.54 Å². The number of rotatable bonds is 5. The lowest BCUT2D eigenvalue weighted by atomic mass is 9.90. The molecule has 0 saturated carbocycles. The Hall–Kier alpha value is -1.36. The van der Waals surface area contributed by atoms with Crippen LogP contribution >= 0.6 is 0 Å². The van der Waals surface area contributed by atoms with E-state index >= 15 is 0 Å². The van der Waals surface area contributed by atoms with Gasteiger partial charge in [0, 0.05) is 25.8 Å². The molecule has 18 heavy (non-hydrogen) atoms. The van der Waals surface area contributed by atoms with Crippen LogP contribution in [0.4, 0.5) is 0 Å². The first-order valence-corrected chi connectivity index (χ1v) is 6.51. The Bertz CT molecular complexity index is 430. The summed E-state index contributed by atoms with van der Waals surface area (Å²) in [5.74, 6) is -0.688. The molecule has 2 heterocycles. The normalized spacial score (nSPS) is 24.6. The van der Waals surface area contributed by atoms with E-state index in [0.717, 1.165) is 32.5 Å². The van der Waals surface area contributed by atoms with Crippen molar-refractivity contribution < 1.29 is 9.90 Å². The molecule has 0 amide bonds. The van der Waals surface area contributed by atoms with Crippen LogP contribution in [-0.4, -0.2) is 38.8 Å². The second kappa shape index (κ2) is 5.10. The lowest BCUT2D eigenvalue weighted by molar-refractivity contribution is -0.147. The molecule has 1 N–H and O–H groups in total. The van der Waals surface area contributed by atoms with Gasteiger partial charge in [-0.1, -0.05) is 6.92 Å². The zero-order valence-corrected chi connectivity index (χ0v) is 11.1. The predicted molar refractivity (Wildman–Crippen MR) is 68.2 cm³/mol. The first-order valence-electron chi connectivity index (χ1n) is 6.51. The van der Waals surface area contributed by atoms with Crippen LogP contribution in [0, 0.1) is 5.41 Å². The van der Waals surface area contributed by atoms with Crippen molar-refractivity contribution in [3.8, 4) is 0 Å². The minimum absolute atomic E-state index is 0.588. The molecule has 1 aliphatic heterocycles. The summed E-state index contributed by atoms with van der Waals surface area (Å²) in [5, 5.41) is 13.5. The van der Waals surface area contributed by atoms with Crippen molar-refractivity contribution in [1.29, 1.82) is 0 Å². The van der Waals surface area contributed by atoms with Crippen LogP contribution in [0.15, 0.2) is 12.3 Å². The number of carbonyl (C=O) groups is 1. The Labute approximate surface area is 107 Å². The van der Waals surface area contributed by atoms with Gasteiger partial charge in [-0.05, 0) is 32.4 Å². The molecule has 1 saturated heterocycles. The van der Waals surface area contributed by atoms with Crippen molar-refractivity contribution in [3.63, 3.8) is 0 Å². The first kappa shape index (κ1) is 13.1. The van der Waals surface area contributed by atoms with Crippen molar-refractivity contribution in [2.75, 3.05) is 13.1 Å². The summed E-state index contributed by atoms with van der Waals surface area (Å²) in [6.45, 7) is 7.15. The molecule has 5 nitrogen and oxygen atoms in total. The third-order valence-corrected chi connectivity index (χ3v) is 3.69. The van der Waals surface area contributed by atoms with E-state index in [-0.39, 0.29) is 0 Å². The molecule has 1 aromatic heterocycles. The maximum absolute atomic E-state index is 11.2. The lowest BCUT2D eigenvalue weighted by Crippen LogP contribution is -2.31. The van der Waals surface area contributed by atoms with Gasteiger partial charge >= 0.3 is 5.97 Å². The lowest BCUT2D eigenvalue weighted by Gasteiger charge is -2.20. The van der Waals surface area contributed by atoms with Crippen molar-refractivity contribution in [3.05, 3.63) is 18.0 Å². The summed E-state index contributed by atoms with van der Waals surface area (Å²) in [4.78, 5) is 13.4. The van der Waals surface area contributed by atoms with Gasteiger partial charge in [-0.25, -0.2) is 0 Å². The van der Waals surface area contributed by atoms with Gasteiger partial charge in [0.15, 0.2) is 0 Å². The average Bonchev–Trinajstić information content (AvgIpc) is 2.89. The van der Waals surface area contributed by atoms with Crippen LogP contribution < -0.4 is 0 Å². The monoisotopic (exact) mass is 251 g/mol. The fraction of sp³-hybridized carbons (Fsp3) is 0.692. The Morgan fingerprint density at radius 2 is 2.39 bits per heavy atom. The zero-order chi connectivity index (χ0) is 13.2. The number of aryl methyl sites for hydroxylation is 1. The molecule has 0 radical (unpaired) electrons. The third-order valence-electron chi connectivity index (χ3n) is 3.69. The Kier molecular flexibility index (Phi) is 3.71.